The first-order chi connectivity index (χ1) is 10.1. The maximum Gasteiger partial charge on any atom is 0.317 e. The zero-order valence-electron chi connectivity index (χ0n) is 12.7. The van der Waals surface area contributed by atoms with E-state index in [0.29, 0.717) is 13.1 Å². The molecule has 112 valence electrons. The van der Waals surface area contributed by atoms with E-state index in [1.807, 2.05) is 49.3 Å². The van der Waals surface area contributed by atoms with Crippen LogP contribution >= 0.6 is 0 Å². The summed E-state index contributed by atoms with van der Waals surface area (Å²) in [6, 6.07) is 11.6. The van der Waals surface area contributed by atoms with Crippen LogP contribution in [-0.4, -0.2) is 32.1 Å². The maximum absolute atomic E-state index is 12.0. The van der Waals surface area contributed by atoms with Gasteiger partial charge < -0.3 is 19.5 Å². The van der Waals surface area contributed by atoms with Crippen LogP contribution in [0.2, 0.25) is 0 Å². The Kier molecular flexibility index (Phi) is 4.87. The average molecular weight is 287 g/mol. The molecule has 2 aromatic rings. The summed E-state index contributed by atoms with van der Waals surface area (Å²) in [6.07, 6.45) is 1.60. The molecule has 1 aromatic heterocycles. The third kappa shape index (κ3) is 4.27. The summed E-state index contributed by atoms with van der Waals surface area (Å²) in [5.41, 5.74) is 2.19. The minimum atomic E-state index is -0.123. The van der Waals surface area contributed by atoms with Gasteiger partial charge in [-0.3, -0.25) is 0 Å². The molecule has 0 saturated carbocycles. The van der Waals surface area contributed by atoms with Crippen molar-refractivity contribution in [3.05, 3.63) is 54.0 Å². The molecule has 0 aliphatic rings. The number of urea groups is 1. The highest BCUT2D eigenvalue weighted by atomic mass is 16.3. The SMILES string of the molecule is CN(Cc1ccco1)C(=O)NCc1cccc(N(C)C)c1. The molecular weight excluding hydrogens is 266 g/mol. The lowest BCUT2D eigenvalue weighted by Gasteiger charge is -2.17. The first kappa shape index (κ1) is 15.0. The van der Waals surface area contributed by atoms with Gasteiger partial charge in [0.2, 0.25) is 0 Å². The van der Waals surface area contributed by atoms with Crippen LogP contribution in [-0.2, 0) is 13.1 Å². The molecule has 2 rings (SSSR count). The minimum Gasteiger partial charge on any atom is -0.467 e. The fourth-order valence-electron chi connectivity index (χ4n) is 1.97. The molecule has 2 amide bonds. The summed E-state index contributed by atoms with van der Waals surface area (Å²) in [6.45, 7) is 0.958. The Hall–Kier alpha value is -2.43. The van der Waals surface area contributed by atoms with Crippen LogP contribution in [0.4, 0.5) is 10.5 Å². The van der Waals surface area contributed by atoms with E-state index in [9.17, 15) is 4.79 Å². The van der Waals surface area contributed by atoms with E-state index < -0.39 is 0 Å². The monoisotopic (exact) mass is 287 g/mol. The third-order valence-electron chi connectivity index (χ3n) is 3.19. The molecule has 0 bridgehead atoms. The van der Waals surface area contributed by atoms with E-state index >= 15 is 0 Å². The summed E-state index contributed by atoms with van der Waals surface area (Å²) in [4.78, 5) is 15.7. The Morgan fingerprint density at radius 3 is 2.67 bits per heavy atom. The number of nitrogens with one attached hydrogen (secondary N) is 1. The van der Waals surface area contributed by atoms with Crippen LogP contribution in [0, 0.1) is 0 Å². The van der Waals surface area contributed by atoms with Gasteiger partial charge in [0.05, 0.1) is 12.8 Å². The van der Waals surface area contributed by atoms with Gasteiger partial charge in [0, 0.05) is 33.4 Å². The van der Waals surface area contributed by atoms with Crippen molar-refractivity contribution in [3.63, 3.8) is 0 Å². The van der Waals surface area contributed by atoms with E-state index in [0.717, 1.165) is 17.0 Å². The molecule has 5 nitrogen and oxygen atoms in total. The summed E-state index contributed by atoms with van der Waals surface area (Å²) in [5.74, 6) is 0.766. The number of hydrogen-bond acceptors (Lipinski definition) is 3. The first-order valence-corrected chi connectivity index (χ1v) is 6.84. The molecule has 1 N–H and O–H groups in total. The highest BCUT2D eigenvalue weighted by Gasteiger charge is 2.10. The summed E-state index contributed by atoms with van der Waals surface area (Å²) < 4.78 is 5.23. The Labute approximate surface area is 125 Å². The third-order valence-corrected chi connectivity index (χ3v) is 3.19. The van der Waals surface area contributed by atoms with Crippen molar-refractivity contribution in [1.82, 2.24) is 10.2 Å². The van der Waals surface area contributed by atoms with Crippen molar-refractivity contribution in [3.8, 4) is 0 Å². The van der Waals surface area contributed by atoms with E-state index in [1.54, 1.807) is 18.2 Å². The van der Waals surface area contributed by atoms with Crippen LogP contribution in [0.15, 0.2) is 47.1 Å². The molecule has 5 heteroatoms. The molecular formula is C16H21N3O2. The van der Waals surface area contributed by atoms with Gasteiger partial charge in [-0.05, 0) is 29.8 Å². The number of nitrogens with zero attached hydrogens (tertiary/aromatic N) is 2. The molecule has 0 radical (unpaired) electrons. The van der Waals surface area contributed by atoms with Gasteiger partial charge in [-0.15, -0.1) is 0 Å². The summed E-state index contributed by atoms with van der Waals surface area (Å²) in [7, 11) is 5.73. The van der Waals surface area contributed by atoms with Gasteiger partial charge in [0.15, 0.2) is 0 Å². The number of anilines is 1. The Bertz CT molecular complexity index is 579. The summed E-state index contributed by atoms with van der Waals surface area (Å²) in [5, 5.41) is 2.90. The lowest BCUT2D eigenvalue weighted by molar-refractivity contribution is 0.202. The lowest BCUT2D eigenvalue weighted by atomic mass is 10.2. The zero-order chi connectivity index (χ0) is 15.2. The van der Waals surface area contributed by atoms with Crippen molar-refractivity contribution < 1.29 is 9.21 Å². The molecule has 0 saturated heterocycles. The smallest absolute Gasteiger partial charge is 0.317 e. The standard InChI is InChI=1S/C16H21N3O2/c1-18(2)14-7-4-6-13(10-14)11-17-16(20)19(3)12-15-8-5-9-21-15/h4-10H,11-12H2,1-3H3,(H,17,20). The Balaban J connectivity index is 1.87. The van der Waals surface area contributed by atoms with E-state index in [-0.39, 0.29) is 6.03 Å². The van der Waals surface area contributed by atoms with Gasteiger partial charge in [0.25, 0.3) is 0 Å². The van der Waals surface area contributed by atoms with Crippen molar-refractivity contribution in [2.75, 3.05) is 26.0 Å². The van der Waals surface area contributed by atoms with E-state index in [2.05, 4.69) is 11.4 Å². The molecule has 1 aromatic carbocycles. The van der Waals surface area contributed by atoms with Crippen LogP contribution in [0.5, 0.6) is 0 Å². The van der Waals surface area contributed by atoms with Crippen LogP contribution < -0.4 is 10.2 Å². The average Bonchev–Trinajstić information content (AvgIpc) is 2.97. The van der Waals surface area contributed by atoms with Crippen LogP contribution in [0.3, 0.4) is 0 Å². The van der Waals surface area contributed by atoms with Crippen molar-refractivity contribution >= 4 is 11.7 Å². The number of hydrogen-bond donors (Lipinski definition) is 1. The number of carbonyl (C=O) groups is 1. The summed E-state index contributed by atoms with van der Waals surface area (Å²) >= 11 is 0. The van der Waals surface area contributed by atoms with Crippen molar-refractivity contribution in [1.29, 1.82) is 0 Å². The number of amides is 2. The van der Waals surface area contributed by atoms with Crippen molar-refractivity contribution in [2.24, 2.45) is 0 Å². The second kappa shape index (κ2) is 6.83. The van der Waals surface area contributed by atoms with E-state index in [4.69, 9.17) is 4.42 Å². The van der Waals surface area contributed by atoms with Gasteiger partial charge in [-0.25, -0.2) is 4.79 Å². The second-order valence-electron chi connectivity index (χ2n) is 5.16. The number of rotatable bonds is 5. The van der Waals surface area contributed by atoms with Gasteiger partial charge >= 0.3 is 6.03 Å². The van der Waals surface area contributed by atoms with Gasteiger partial charge in [-0.2, -0.15) is 0 Å². The zero-order valence-corrected chi connectivity index (χ0v) is 12.7. The topological polar surface area (TPSA) is 48.7 Å². The highest BCUT2D eigenvalue weighted by Crippen LogP contribution is 2.13. The predicted molar refractivity (Wildman–Crippen MR) is 83.2 cm³/mol. The van der Waals surface area contributed by atoms with Crippen LogP contribution in [0.25, 0.3) is 0 Å². The Morgan fingerprint density at radius 2 is 2.00 bits per heavy atom. The van der Waals surface area contributed by atoms with E-state index in [1.165, 1.54) is 0 Å². The minimum absolute atomic E-state index is 0.123. The van der Waals surface area contributed by atoms with Gasteiger partial charge in [0.1, 0.15) is 5.76 Å². The fraction of sp³-hybridized carbons (Fsp3) is 0.312. The normalized spacial score (nSPS) is 10.2. The number of carbonyl (C=O) groups excluding carboxylic acids is 1. The molecule has 0 aliphatic carbocycles. The molecule has 0 atom stereocenters. The molecule has 0 spiro atoms. The first-order valence-electron chi connectivity index (χ1n) is 6.84. The molecule has 1 heterocycles. The predicted octanol–water partition coefficient (Wildman–Crippen LogP) is 2.69. The Morgan fingerprint density at radius 1 is 1.19 bits per heavy atom. The fourth-order valence-corrected chi connectivity index (χ4v) is 1.97. The molecule has 0 aliphatic heterocycles. The van der Waals surface area contributed by atoms with Gasteiger partial charge in [-0.1, -0.05) is 12.1 Å². The highest BCUT2D eigenvalue weighted by molar-refractivity contribution is 5.73. The quantitative estimate of drug-likeness (QED) is 0.920. The molecule has 0 unspecified atom stereocenters. The van der Waals surface area contributed by atoms with Crippen LogP contribution in [0.1, 0.15) is 11.3 Å². The number of furan rings is 1. The largest absolute Gasteiger partial charge is 0.467 e. The molecule has 21 heavy (non-hydrogen) atoms. The lowest BCUT2D eigenvalue weighted by Crippen LogP contribution is -2.36. The maximum atomic E-state index is 12.0. The second-order valence-corrected chi connectivity index (χ2v) is 5.16. The molecule has 0 fully saturated rings. The van der Waals surface area contributed by atoms with Crippen molar-refractivity contribution in [2.45, 2.75) is 13.1 Å². The number of benzene rings is 1.